The summed E-state index contributed by atoms with van der Waals surface area (Å²) in [6.45, 7) is 8.94. The number of nitrogens with one attached hydrogen (secondary N) is 2. The van der Waals surface area contributed by atoms with Gasteiger partial charge < -0.3 is 15.4 Å². The van der Waals surface area contributed by atoms with Gasteiger partial charge in [-0.15, -0.1) is 0 Å². The lowest BCUT2D eigenvalue weighted by molar-refractivity contribution is 0.144. The molecule has 0 radical (unpaired) electrons. The van der Waals surface area contributed by atoms with E-state index in [1.165, 1.54) is 27.1 Å². The standard InChI is InChI=1S/C25H34N2O/c1-3-22(27-15-9-17-28-4-2)14-16-26-19-25-23-12-7-5-10-20(23)18-21-11-6-8-13-24(21)25/h5-8,10-13,18,22,26-27H,3-4,9,14-17,19H2,1-2H3. The first kappa shape index (κ1) is 20.8. The minimum absolute atomic E-state index is 0.568. The van der Waals surface area contributed by atoms with Crippen molar-refractivity contribution >= 4 is 21.5 Å². The van der Waals surface area contributed by atoms with Gasteiger partial charge in [0.05, 0.1) is 0 Å². The van der Waals surface area contributed by atoms with E-state index in [1.54, 1.807) is 0 Å². The van der Waals surface area contributed by atoms with E-state index in [0.717, 1.165) is 52.1 Å². The molecule has 0 saturated heterocycles. The summed E-state index contributed by atoms with van der Waals surface area (Å²) < 4.78 is 5.41. The normalized spacial score (nSPS) is 12.6. The Hall–Kier alpha value is -1.94. The van der Waals surface area contributed by atoms with Crippen LogP contribution in [0.3, 0.4) is 0 Å². The molecule has 3 aromatic carbocycles. The van der Waals surface area contributed by atoms with E-state index in [4.69, 9.17) is 4.74 Å². The summed E-state index contributed by atoms with van der Waals surface area (Å²) in [6, 6.07) is 20.3. The van der Waals surface area contributed by atoms with E-state index in [-0.39, 0.29) is 0 Å². The van der Waals surface area contributed by atoms with Crippen molar-refractivity contribution in [1.82, 2.24) is 10.6 Å². The molecular weight excluding hydrogens is 344 g/mol. The molecule has 0 bridgehead atoms. The maximum atomic E-state index is 5.41. The fourth-order valence-electron chi connectivity index (χ4n) is 3.86. The van der Waals surface area contributed by atoms with Gasteiger partial charge in [-0.2, -0.15) is 0 Å². The summed E-state index contributed by atoms with van der Waals surface area (Å²) in [5.74, 6) is 0. The molecule has 3 aromatic rings. The van der Waals surface area contributed by atoms with E-state index in [9.17, 15) is 0 Å². The van der Waals surface area contributed by atoms with Gasteiger partial charge >= 0.3 is 0 Å². The van der Waals surface area contributed by atoms with Crippen LogP contribution in [0.1, 0.15) is 38.7 Å². The number of hydrogen-bond donors (Lipinski definition) is 2. The molecular formula is C25H34N2O. The predicted molar refractivity (Wildman–Crippen MR) is 121 cm³/mol. The van der Waals surface area contributed by atoms with Gasteiger partial charge in [-0.1, -0.05) is 55.5 Å². The van der Waals surface area contributed by atoms with Crippen LogP contribution in [-0.2, 0) is 11.3 Å². The second-order valence-corrected chi connectivity index (χ2v) is 7.37. The van der Waals surface area contributed by atoms with Crippen LogP contribution < -0.4 is 10.6 Å². The summed E-state index contributed by atoms with van der Waals surface area (Å²) in [5, 5.41) is 12.7. The summed E-state index contributed by atoms with van der Waals surface area (Å²) in [7, 11) is 0. The lowest BCUT2D eigenvalue weighted by Crippen LogP contribution is -2.33. The second kappa shape index (κ2) is 11.2. The van der Waals surface area contributed by atoms with Crippen LogP contribution in [-0.4, -0.2) is 32.3 Å². The van der Waals surface area contributed by atoms with Crippen LogP contribution in [0.4, 0.5) is 0 Å². The lowest BCUT2D eigenvalue weighted by atomic mass is 9.96. The SMILES string of the molecule is CCOCCCNC(CC)CCNCc1c2ccccc2cc2ccccc12. The molecule has 2 N–H and O–H groups in total. The summed E-state index contributed by atoms with van der Waals surface area (Å²) >= 11 is 0. The Bertz CT molecular complexity index is 807. The van der Waals surface area contributed by atoms with Gasteiger partial charge in [-0.25, -0.2) is 0 Å². The highest BCUT2D eigenvalue weighted by Crippen LogP contribution is 2.28. The maximum Gasteiger partial charge on any atom is 0.0477 e. The van der Waals surface area contributed by atoms with Crippen LogP contribution in [0.25, 0.3) is 21.5 Å². The van der Waals surface area contributed by atoms with Crippen molar-refractivity contribution in [3.05, 3.63) is 60.2 Å². The highest BCUT2D eigenvalue weighted by Gasteiger charge is 2.08. The minimum atomic E-state index is 0.568. The first-order valence-corrected chi connectivity index (χ1v) is 10.7. The highest BCUT2D eigenvalue weighted by molar-refractivity contribution is 6.02. The fraction of sp³-hybridized carbons (Fsp3) is 0.440. The highest BCUT2D eigenvalue weighted by atomic mass is 16.5. The monoisotopic (exact) mass is 378 g/mol. The zero-order valence-electron chi connectivity index (χ0n) is 17.3. The Morgan fingerprint density at radius 1 is 0.893 bits per heavy atom. The average Bonchev–Trinajstić information content (AvgIpc) is 2.74. The fourth-order valence-corrected chi connectivity index (χ4v) is 3.86. The molecule has 1 unspecified atom stereocenters. The lowest BCUT2D eigenvalue weighted by Gasteiger charge is -2.18. The van der Waals surface area contributed by atoms with E-state index in [2.05, 4.69) is 72.2 Å². The summed E-state index contributed by atoms with van der Waals surface area (Å²) in [5.41, 5.74) is 1.41. The van der Waals surface area contributed by atoms with Gasteiger partial charge in [0, 0.05) is 25.8 Å². The molecule has 0 aliphatic rings. The largest absolute Gasteiger partial charge is 0.382 e. The number of hydrogen-bond acceptors (Lipinski definition) is 3. The molecule has 3 heteroatoms. The Kier molecular flexibility index (Phi) is 8.28. The van der Waals surface area contributed by atoms with Gasteiger partial charge in [0.25, 0.3) is 0 Å². The predicted octanol–water partition coefficient (Wildman–Crippen LogP) is 5.27. The minimum Gasteiger partial charge on any atom is -0.382 e. The van der Waals surface area contributed by atoms with Crippen molar-refractivity contribution in [2.75, 3.05) is 26.3 Å². The second-order valence-electron chi connectivity index (χ2n) is 7.37. The van der Waals surface area contributed by atoms with Crippen LogP contribution in [0.2, 0.25) is 0 Å². The van der Waals surface area contributed by atoms with Crippen molar-refractivity contribution in [3.8, 4) is 0 Å². The summed E-state index contributed by atoms with van der Waals surface area (Å²) in [6.07, 6.45) is 3.39. The number of fused-ring (bicyclic) bond motifs is 2. The maximum absolute atomic E-state index is 5.41. The number of rotatable bonds is 12. The number of ether oxygens (including phenoxy) is 1. The van der Waals surface area contributed by atoms with Crippen LogP contribution >= 0.6 is 0 Å². The Labute approximate surface area is 169 Å². The van der Waals surface area contributed by atoms with Crippen molar-refractivity contribution in [1.29, 1.82) is 0 Å². The van der Waals surface area contributed by atoms with Crippen molar-refractivity contribution in [2.45, 2.75) is 45.7 Å². The molecule has 1 atom stereocenters. The molecule has 0 aliphatic carbocycles. The molecule has 0 spiro atoms. The van der Waals surface area contributed by atoms with Crippen molar-refractivity contribution in [3.63, 3.8) is 0 Å². The van der Waals surface area contributed by atoms with E-state index in [1.807, 2.05) is 6.92 Å². The smallest absolute Gasteiger partial charge is 0.0477 e. The van der Waals surface area contributed by atoms with Crippen LogP contribution in [0, 0.1) is 0 Å². The molecule has 0 saturated carbocycles. The molecule has 3 rings (SSSR count). The van der Waals surface area contributed by atoms with Crippen molar-refractivity contribution in [2.24, 2.45) is 0 Å². The van der Waals surface area contributed by atoms with Gasteiger partial charge in [-0.05, 0) is 72.5 Å². The quantitative estimate of drug-likeness (QED) is 0.333. The Morgan fingerprint density at radius 2 is 1.57 bits per heavy atom. The molecule has 0 amide bonds. The molecule has 28 heavy (non-hydrogen) atoms. The van der Waals surface area contributed by atoms with E-state index >= 15 is 0 Å². The topological polar surface area (TPSA) is 33.3 Å². The Balaban J connectivity index is 1.57. The van der Waals surface area contributed by atoms with E-state index in [0.29, 0.717) is 6.04 Å². The van der Waals surface area contributed by atoms with Crippen LogP contribution in [0.15, 0.2) is 54.6 Å². The van der Waals surface area contributed by atoms with Gasteiger partial charge in [-0.3, -0.25) is 0 Å². The Morgan fingerprint density at radius 3 is 2.21 bits per heavy atom. The molecule has 0 fully saturated rings. The first-order valence-electron chi connectivity index (χ1n) is 10.7. The molecule has 150 valence electrons. The van der Waals surface area contributed by atoms with Gasteiger partial charge in [0.2, 0.25) is 0 Å². The summed E-state index contributed by atoms with van der Waals surface area (Å²) in [4.78, 5) is 0. The third kappa shape index (κ3) is 5.54. The van der Waals surface area contributed by atoms with Crippen molar-refractivity contribution < 1.29 is 4.74 Å². The van der Waals surface area contributed by atoms with Crippen LogP contribution in [0.5, 0.6) is 0 Å². The molecule has 3 nitrogen and oxygen atoms in total. The molecule has 0 aliphatic heterocycles. The number of benzene rings is 3. The zero-order chi connectivity index (χ0) is 19.6. The molecule has 0 heterocycles. The molecule has 0 aromatic heterocycles. The average molecular weight is 379 g/mol. The van der Waals surface area contributed by atoms with E-state index < -0.39 is 0 Å². The zero-order valence-corrected chi connectivity index (χ0v) is 17.3. The third-order valence-electron chi connectivity index (χ3n) is 5.45. The van der Waals surface area contributed by atoms with Gasteiger partial charge in [0.15, 0.2) is 0 Å². The third-order valence-corrected chi connectivity index (χ3v) is 5.45. The first-order chi connectivity index (χ1) is 13.8. The van der Waals surface area contributed by atoms with Gasteiger partial charge in [0.1, 0.15) is 0 Å².